The maximum Gasteiger partial charge on any atom is 0.210 e. The van der Waals surface area contributed by atoms with E-state index >= 15 is 0 Å². The van der Waals surface area contributed by atoms with Gasteiger partial charge in [-0.2, -0.15) is 0 Å². The zero-order valence-corrected chi connectivity index (χ0v) is 15.1. The Balaban J connectivity index is 2.13. The topological polar surface area (TPSA) is 43.4 Å². The van der Waals surface area contributed by atoms with Gasteiger partial charge in [0, 0.05) is 0 Å². The molecule has 0 saturated heterocycles. The first-order valence-electron chi connectivity index (χ1n) is 8.59. The summed E-state index contributed by atoms with van der Waals surface area (Å²) in [4.78, 5) is 0.594. The van der Waals surface area contributed by atoms with Gasteiger partial charge in [0.05, 0.1) is 12.0 Å². The molecule has 4 heteroatoms. The van der Waals surface area contributed by atoms with Gasteiger partial charge in [0.2, 0.25) is 9.84 Å². The van der Waals surface area contributed by atoms with Crippen molar-refractivity contribution in [1.82, 2.24) is 0 Å². The molecule has 0 radical (unpaired) electrons. The lowest BCUT2D eigenvalue weighted by molar-refractivity contribution is 0.399. The fraction of sp³-hybridized carbons (Fsp3) is 0.400. The van der Waals surface area contributed by atoms with Gasteiger partial charge in [-0.05, 0) is 67.0 Å². The Morgan fingerprint density at radius 1 is 1.17 bits per heavy atom. The predicted molar refractivity (Wildman–Crippen MR) is 95.5 cm³/mol. The van der Waals surface area contributed by atoms with Gasteiger partial charge in [-0.1, -0.05) is 31.5 Å². The molecule has 2 aromatic carbocycles. The average molecular weight is 344 g/mol. The number of methoxy groups -OCH3 is 1. The van der Waals surface area contributed by atoms with Crippen molar-refractivity contribution in [3.8, 4) is 5.75 Å². The average Bonchev–Trinajstić information content (AvgIpc) is 2.62. The minimum Gasteiger partial charge on any atom is -0.495 e. The maximum absolute atomic E-state index is 13.0. The molecule has 1 aliphatic carbocycles. The Kier molecular flexibility index (Phi) is 4.95. The molecule has 128 valence electrons. The number of sulfone groups is 1. The summed E-state index contributed by atoms with van der Waals surface area (Å²) in [5.41, 5.74) is 2.43. The van der Waals surface area contributed by atoms with Crippen LogP contribution < -0.4 is 4.74 Å². The zero-order valence-electron chi connectivity index (χ0n) is 14.3. The van der Waals surface area contributed by atoms with Crippen molar-refractivity contribution >= 4 is 9.84 Å². The number of ether oxygens (including phenoxy) is 1. The molecular weight excluding hydrogens is 320 g/mol. The number of benzene rings is 2. The highest BCUT2D eigenvalue weighted by Crippen LogP contribution is 2.40. The van der Waals surface area contributed by atoms with Crippen LogP contribution in [0.4, 0.5) is 0 Å². The monoisotopic (exact) mass is 344 g/mol. The van der Waals surface area contributed by atoms with Crippen LogP contribution >= 0.6 is 0 Å². The van der Waals surface area contributed by atoms with Crippen LogP contribution in [-0.4, -0.2) is 15.5 Å². The van der Waals surface area contributed by atoms with Crippen LogP contribution in [0.5, 0.6) is 5.75 Å². The van der Waals surface area contributed by atoms with Crippen molar-refractivity contribution in [2.24, 2.45) is 0 Å². The van der Waals surface area contributed by atoms with E-state index in [4.69, 9.17) is 4.74 Å². The summed E-state index contributed by atoms with van der Waals surface area (Å²) >= 11 is 0. The molecule has 0 bridgehead atoms. The summed E-state index contributed by atoms with van der Waals surface area (Å²) in [6.07, 6.45) is 5.51. The van der Waals surface area contributed by atoms with E-state index in [2.05, 4.69) is 6.92 Å². The fourth-order valence-corrected chi connectivity index (χ4v) is 5.13. The number of fused-ring (bicyclic) bond motifs is 1. The van der Waals surface area contributed by atoms with Crippen molar-refractivity contribution in [2.75, 3.05) is 7.11 Å². The van der Waals surface area contributed by atoms with Crippen LogP contribution in [0, 0.1) is 0 Å². The lowest BCUT2D eigenvalue weighted by atomic mass is 9.80. The van der Waals surface area contributed by atoms with E-state index in [0.29, 0.717) is 16.6 Å². The number of aryl methyl sites for hydroxylation is 1. The molecule has 0 saturated carbocycles. The van der Waals surface area contributed by atoms with Crippen molar-refractivity contribution in [2.45, 2.75) is 54.7 Å². The van der Waals surface area contributed by atoms with Crippen molar-refractivity contribution in [3.63, 3.8) is 0 Å². The summed E-state index contributed by atoms with van der Waals surface area (Å²) in [5.74, 6) is 0.974. The largest absolute Gasteiger partial charge is 0.495 e. The summed E-state index contributed by atoms with van der Waals surface area (Å²) in [7, 11) is -2.02. The molecule has 0 N–H and O–H groups in total. The molecule has 24 heavy (non-hydrogen) atoms. The molecule has 3 rings (SSSR count). The van der Waals surface area contributed by atoms with Crippen LogP contribution in [0.1, 0.15) is 49.7 Å². The summed E-state index contributed by atoms with van der Waals surface area (Å²) in [5, 5.41) is 0. The van der Waals surface area contributed by atoms with Crippen LogP contribution in [0.2, 0.25) is 0 Å². The third-order valence-electron chi connectivity index (χ3n) is 4.84. The second kappa shape index (κ2) is 6.98. The standard InChI is InChI=1S/C20H24O3S/c1-3-8-15-9-7-10-16-13-20(19(23-2)14-18(15)16)24(21,22)17-11-5-4-6-12-17/h4-6,11-15H,3,7-10H2,1-2H3. The van der Waals surface area contributed by atoms with Gasteiger partial charge < -0.3 is 4.74 Å². The van der Waals surface area contributed by atoms with Gasteiger partial charge in [0.1, 0.15) is 10.6 Å². The van der Waals surface area contributed by atoms with Gasteiger partial charge in [0.15, 0.2) is 0 Å². The zero-order chi connectivity index (χ0) is 17.2. The molecule has 3 nitrogen and oxygen atoms in total. The summed E-state index contributed by atoms with van der Waals surface area (Å²) in [6, 6.07) is 12.4. The molecule has 2 aromatic rings. The van der Waals surface area contributed by atoms with Gasteiger partial charge in [-0.15, -0.1) is 0 Å². The SMILES string of the molecule is CCCC1CCCc2cc(S(=O)(=O)c3ccccc3)c(OC)cc21. The van der Waals surface area contributed by atoms with Crippen molar-refractivity contribution in [3.05, 3.63) is 53.6 Å². The fourth-order valence-electron chi connectivity index (χ4n) is 3.65. The predicted octanol–water partition coefficient (Wildman–Crippen LogP) is 4.75. The molecule has 1 aliphatic rings. The lowest BCUT2D eigenvalue weighted by Crippen LogP contribution is -2.13. The van der Waals surface area contributed by atoms with Crippen molar-refractivity contribution < 1.29 is 13.2 Å². The molecule has 0 aliphatic heterocycles. The molecule has 0 aromatic heterocycles. The van der Waals surface area contributed by atoms with Gasteiger partial charge in [-0.25, -0.2) is 8.42 Å². The quantitative estimate of drug-likeness (QED) is 0.786. The minimum absolute atomic E-state index is 0.284. The highest BCUT2D eigenvalue weighted by Gasteiger charge is 2.27. The first-order chi connectivity index (χ1) is 11.6. The molecule has 1 unspecified atom stereocenters. The molecule has 0 amide bonds. The normalized spacial score (nSPS) is 17.3. The van der Waals surface area contributed by atoms with E-state index in [1.165, 1.54) is 12.0 Å². The molecule has 0 heterocycles. The van der Waals surface area contributed by atoms with Crippen LogP contribution in [0.15, 0.2) is 52.3 Å². The third kappa shape index (κ3) is 3.07. The Morgan fingerprint density at radius 2 is 1.92 bits per heavy atom. The first-order valence-corrected chi connectivity index (χ1v) is 10.1. The Bertz CT molecular complexity index is 810. The maximum atomic E-state index is 13.0. The number of rotatable bonds is 5. The van der Waals surface area contributed by atoms with Gasteiger partial charge in [0.25, 0.3) is 0 Å². The molecule has 0 spiro atoms. The number of hydrogen-bond acceptors (Lipinski definition) is 3. The Labute approximate surface area is 144 Å². The van der Waals surface area contributed by atoms with E-state index in [-0.39, 0.29) is 4.90 Å². The smallest absolute Gasteiger partial charge is 0.210 e. The van der Waals surface area contributed by atoms with E-state index in [9.17, 15) is 8.42 Å². The van der Waals surface area contributed by atoms with E-state index in [1.54, 1.807) is 31.4 Å². The Morgan fingerprint density at radius 3 is 2.58 bits per heavy atom. The lowest BCUT2D eigenvalue weighted by Gasteiger charge is -2.27. The van der Waals surface area contributed by atoms with E-state index in [1.807, 2.05) is 18.2 Å². The van der Waals surface area contributed by atoms with Crippen LogP contribution in [0.25, 0.3) is 0 Å². The highest BCUT2D eigenvalue weighted by molar-refractivity contribution is 7.91. The van der Waals surface area contributed by atoms with Crippen LogP contribution in [0.3, 0.4) is 0 Å². The molecule has 0 fully saturated rings. The second-order valence-electron chi connectivity index (χ2n) is 6.40. The van der Waals surface area contributed by atoms with Gasteiger partial charge in [-0.3, -0.25) is 0 Å². The van der Waals surface area contributed by atoms with Crippen molar-refractivity contribution in [1.29, 1.82) is 0 Å². The third-order valence-corrected chi connectivity index (χ3v) is 6.63. The Hall–Kier alpha value is -1.81. The van der Waals surface area contributed by atoms with E-state index < -0.39 is 9.84 Å². The summed E-state index contributed by atoms with van der Waals surface area (Å²) in [6.45, 7) is 2.19. The number of hydrogen-bond donors (Lipinski definition) is 0. The summed E-state index contributed by atoms with van der Waals surface area (Å²) < 4.78 is 31.5. The highest BCUT2D eigenvalue weighted by atomic mass is 32.2. The minimum atomic E-state index is -3.57. The molecule has 1 atom stereocenters. The second-order valence-corrected chi connectivity index (χ2v) is 8.31. The van der Waals surface area contributed by atoms with Gasteiger partial charge >= 0.3 is 0 Å². The van der Waals surface area contributed by atoms with E-state index in [0.717, 1.165) is 31.2 Å². The molecular formula is C20H24O3S. The first kappa shape index (κ1) is 17.0. The van der Waals surface area contributed by atoms with Crippen LogP contribution in [-0.2, 0) is 16.3 Å².